The minimum Gasteiger partial charge on any atom is -0.298 e. The van der Waals surface area contributed by atoms with Crippen LogP contribution in [-0.2, 0) is 6.54 Å². The van der Waals surface area contributed by atoms with Crippen LogP contribution in [0.5, 0.6) is 0 Å². The van der Waals surface area contributed by atoms with Gasteiger partial charge in [-0.1, -0.05) is 0 Å². The Balaban J connectivity index is 1.63. The van der Waals surface area contributed by atoms with Gasteiger partial charge in [-0.2, -0.15) is 5.10 Å². The number of rotatable bonds is 3. The van der Waals surface area contributed by atoms with E-state index in [1.165, 1.54) is 29.2 Å². The summed E-state index contributed by atoms with van der Waals surface area (Å²) >= 11 is 1.76. The van der Waals surface area contributed by atoms with Gasteiger partial charge in [0.15, 0.2) is 0 Å². The molecular weight excluding hydrogens is 232 g/mol. The van der Waals surface area contributed by atoms with Crippen LogP contribution in [0, 0.1) is 6.92 Å². The molecule has 1 atom stereocenters. The first-order valence-corrected chi connectivity index (χ1v) is 6.81. The number of H-pyrrole nitrogens is 1. The van der Waals surface area contributed by atoms with Crippen molar-refractivity contribution in [1.29, 1.82) is 0 Å². The zero-order chi connectivity index (χ0) is 11.7. The molecule has 1 saturated heterocycles. The summed E-state index contributed by atoms with van der Waals surface area (Å²) in [4.78, 5) is 8.21. The zero-order valence-corrected chi connectivity index (χ0v) is 10.7. The second kappa shape index (κ2) is 4.58. The van der Waals surface area contributed by atoms with E-state index in [9.17, 15) is 0 Å². The van der Waals surface area contributed by atoms with E-state index in [-0.39, 0.29) is 0 Å². The van der Waals surface area contributed by atoms with Gasteiger partial charge in [0.2, 0.25) is 0 Å². The lowest BCUT2D eigenvalue weighted by molar-refractivity contribution is 0.328. The number of nitrogens with zero attached hydrogens (tertiary/aromatic N) is 3. The van der Waals surface area contributed by atoms with Crippen LogP contribution in [0.25, 0.3) is 0 Å². The lowest BCUT2D eigenvalue weighted by Gasteiger charge is -2.14. The van der Waals surface area contributed by atoms with E-state index < -0.39 is 0 Å². The Morgan fingerprint density at radius 3 is 3.24 bits per heavy atom. The molecule has 5 heteroatoms. The highest BCUT2D eigenvalue weighted by atomic mass is 32.1. The summed E-state index contributed by atoms with van der Waals surface area (Å²) in [6, 6.07) is 2.09. The normalized spacial score (nSPS) is 21.1. The third-order valence-corrected chi connectivity index (χ3v) is 4.37. The van der Waals surface area contributed by atoms with Crippen molar-refractivity contribution in [2.75, 3.05) is 13.1 Å². The third-order valence-electron chi connectivity index (χ3n) is 3.45. The van der Waals surface area contributed by atoms with Crippen molar-refractivity contribution >= 4 is 11.3 Å². The fraction of sp³-hybridized carbons (Fsp3) is 0.500. The van der Waals surface area contributed by atoms with Crippen molar-refractivity contribution < 1.29 is 0 Å². The van der Waals surface area contributed by atoms with Gasteiger partial charge in [0.1, 0.15) is 0 Å². The number of hydrogen-bond donors (Lipinski definition) is 1. The Morgan fingerprint density at radius 1 is 1.59 bits per heavy atom. The second-order valence-corrected chi connectivity index (χ2v) is 5.53. The van der Waals surface area contributed by atoms with Gasteiger partial charge in [-0.25, -0.2) is 4.98 Å². The Bertz CT molecular complexity index is 476. The number of aromatic nitrogens is 3. The van der Waals surface area contributed by atoms with Gasteiger partial charge >= 0.3 is 0 Å². The first kappa shape index (κ1) is 10.9. The number of thiazole rings is 1. The van der Waals surface area contributed by atoms with Crippen molar-refractivity contribution in [3.63, 3.8) is 0 Å². The summed E-state index contributed by atoms with van der Waals surface area (Å²) in [5, 5.41) is 7.11. The van der Waals surface area contributed by atoms with Gasteiger partial charge in [-0.3, -0.25) is 10.00 Å². The highest BCUT2D eigenvalue weighted by Crippen LogP contribution is 2.27. The van der Waals surface area contributed by atoms with E-state index in [1.54, 1.807) is 11.3 Å². The standard InChI is InChI=1S/C12H16N4S/c1-9-12(17-8-13-9)7-16-5-3-10(6-16)11-2-4-14-15-11/h2,4,8,10H,3,5-7H2,1H3,(H,14,15). The first-order valence-electron chi connectivity index (χ1n) is 5.93. The molecule has 0 saturated carbocycles. The maximum absolute atomic E-state index is 4.30. The largest absolute Gasteiger partial charge is 0.298 e. The van der Waals surface area contributed by atoms with Gasteiger partial charge in [0, 0.05) is 35.8 Å². The molecule has 0 bridgehead atoms. The minimum atomic E-state index is 0.616. The first-order chi connectivity index (χ1) is 8.33. The molecule has 1 aliphatic heterocycles. The zero-order valence-electron chi connectivity index (χ0n) is 9.89. The molecule has 2 aromatic heterocycles. The number of aromatic amines is 1. The Labute approximate surface area is 105 Å². The van der Waals surface area contributed by atoms with Gasteiger partial charge in [-0.15, -0.1) is 11.3 Å². The molecule has 90 valence electrons. The maximum atomic E-state index is 4.30. The van der Waals surface area contributed by atoms with Crippen LogP contribution in [-0.4, -0.2) is 33.2 Å². The molecule has 0 amide bonds. The van der Waals surface area contributed by atoms with Gasteiger partial charge in [0.25, 0.3) is 0 Å². The monoisotopic (exact) mass is 248 g/mol. The second-order valence-electron chi connectivity index (χ2n) is 4.59. The molecule has 0 aromatic carbocycles. The highest BCUT2D eigenvalue weighted by Gasteiger charge is 2.25. The van der Waals surface area contributed by atoms with Crippen LogP contribution in [0.2, 0.25) is 0 Å². The molecule has 3 rings (SSSR count). The lowest BCUT2D eigenvalue weighted by Crippen LogP contribution is -2.19. The van der Waals surface area contributed by atoms with E-state index in [0.29, 0.717) is 5.92 Å². The Kier molecular flexibility index (Phi) is 2.94. The van der Waals surface area contributed by atoms with Crippen LogP contribution >= 0.6 is 11.3 Å². The van der Waals surface area contributed by atoms with Crippen molar-refractivity contribution in [3.8, 4) is 0 Å². The molecule has 3 heterocycles. The summed E-state index contributed by atoms with van der Waals surface area (Å²) < 4.78 is 0. The average molecular weight is 248 g/mol. The van der Waals surface area contributed by atoms with E-state index in [2.05, 4.69) is 33.1 Å². The maximum Gasteiger partial charge on any atom is 0.0798 e. The van der Waals surface area contributed by atoms with Crippen molar-refractivity contribution in [2.45, 2.75) is 25.8 Å². The number of likely N-dealkylation sites (tertiary alicyclic amines) is 1. The smallest absolute Gasteiger partial charge is 0.0798 e. The molecule has 1 aliphatic rings. The third kappa shape index (κ3) is 2.25. The quantitative estimate of drug-likeness (QED) is 0.905. The van der Waals surface area contributed by atoms with Gasteiger partial charge in [0.05, 0.1) is 11.2 Å². The molecular formula is C12H16N4S. The number of nitrogens with one attached hydrogen (secondary N) is 1. The van der Waals surface area contributed by atoms with Crippen LogP contribution in [0.3, 0.4) is 0 Å². The van der Waals surface area contributed by atoms with Crippen LogP contribution < -0.4 is 0 Å². The minimum absolute atomic E-state index is 0.616. The van der Waals surface area contributed by atoms with Crippen molar-refractivity contribution in [2.24, 2.45) is 0 Å². The Morgan fingerprint density at radius 2 is 2.53 bits per heavy atom. The van der Waals surface area contributed by atoms with Crippen LogP contribution in [0.15, 0.2) is 17.8 Å². The molecule has 1 unspecified atom stereocenters. The number of aryl methyl sites for hydroxylation is 1. The molecule has 4 nitrogen and oxygen atoms in total. The molecule has 1 fully saturated rings. The predicted octanol–water partition coefficient (Wildman–Crippen LogP) is 2.16. The average Bonchev–Trinajstić information content (AvgIpc) is 3.02. The molecule has 1 N–H and O–H groups in total. The Hall–Kier alpha value is -1.20. The van der Waals surface area contributed by atoms with E-state index in [4.69, 9.17) is 0 Å². The summed E-state index contributed by atoms with van der Waals surface area (Å²) in [5.41, 5.74) is 4.39. The fourth-order valence-electron chi connectivity index (χ4n) is 2.41. The number of hydrogen-bond acceptors (Lipinski definition) is 4. The molecule has 17 heavy (non-hydrogen) atoms. The lowest BCUT2D eigenvalue weighted by atomic mass is 10.1. The summed E-state index contributed by atoms with van der Waals surface area (Å²) in [6.07, 6.45) is 3.06. The summed E-state index contributed by atoms with van der Waals surface area (Å²) in [7, 11) is 0. The predicted molar refractivity (Wildman–Crippen MR) is 68.1 cm³/mol. The van der Waals surface area contributed by atoms with Gasteiger partial charge in [-0.05, 0) is 26.0 Å². The van der Waals surface area contributed by atoms with E-state index >= 15 is 0 Å². The van der Waals surface area contributed by atoms with Crippen LogP contribution in [0.1, 0.15) is 28.6 Å². The fourth-order valence-corrected chi connectivity index (χ4v) is 3.22. The van der Waals surface area contributed by atoms with Crippen molar-refractivity contribution in [1.82, 2.24) is 20.1 Å². The van der Waals surface area contributed by atoms with Gasteiger partial charge < -0.3 is 0 Å². The SMILES string of the molecule is Cc1ncsc1CN1CCC(c2ccn[nH]2)C1. The summed E-state index contributed by atoms with van der Waals surface area (Å²) in [6.45, 7) is 5.43. The molecule has 0 spiro atoms. The topological polar surface area (TPSA) is 44.8 Å². The van der Waals surface area contributed by atoms with Crippen molar-refractivity contribution in [3.05, 3.63) is 34.0 Å². The highest BCUT2D eigenvalue weighted by molar-refractivity contribution is 7.09. The van der Waals surface area contributed by atoms with Crippen LogP contribution in [0.4, 0.5) is 0 Å². The molecule has 2 aromatic rings. The van der Waals surface area contributed by atoms with E-state index in [0.717, 1.165) is 13.1 Å². The summed E-state index contributed by atoms with van der Waals surface area (Å²) in [5.74, 6) is 0.616. The molecule has 0 radical (unpaired) electrons. The molecule has 0 aliphatic carbocycles. The van der Waals surface area contributed by atoms with E-state index in [1.807, 2.05) is 11.7 Å².